The number of alkyl halides is 1. The van der Waals surface area contributed by atoms with Crippen LogP contribution in [0.5, 0.6) is 0 Å². The van der Waals surface area contributed by atoms with E-state index < -0.39 is 11.9 Å². The first-order valence-corrected chi connectivity index (χ1v) is 3.57. The molecule has 0 fully saturated rings. The zero-order valence-electron chi connectivity index (χ0n) is 6.10. The summed E-state index contributed by atoms with van der Waals surface area (Å²) in [5, 5.41) is 8.44. The highest BCUT2D eigenvalue weighted by molar-refractivity contribution is 6.19. The fourth-order valence-corrected chi connectivity index (χ4v) is 0.632. The van der Waals surface area contributed by atoms with Crippen LogP contribution in [0.3, 0.4) is 0 Å². The summed E-state index contributed by atoms with van der Waals surface area (Å²) >= 11 is 5.44. The number of carbonyl (C=O) groups is 1. The van der Waals surface area contributed by atoms with Crippen LogP contribution >= 0.6 is 11.6 Å². The Morgan fingerprint density at radius 2 is 2.30 bits per heavy atom. The molecule has 0 amide bonds. The van der Waals surface area contributed by atoms with Gasteiger partial charge in [-0.05, 0) is 13.8 Å². The quantitative estimate of drug-likeness (QED) is 0.508. The third-order valence-electron chi connectivity index (χ3n) is 1.13. The maximum atomic E-state index is 10.3. The van der Waals surface area contributed by atoms with Gasteiger partial charge in [-0.2, -0.15) is 0 Å². The van der Waals surface area contributed by atoms with Crippen LogP contribution in [0.4, 0.5) is 0 Å². The van der Waals surface area contributed by atoms with Crippen molar-refractivity contribution in [1.82, 2.24) is 0 Å². The summed E-state index contributed by atoms with van der Waals surface area (Å²) in [6.07, 6.45) is 1.65. The number of rotatable bonds is 3. The summed E-state index contributed by atoms with van der Waals surface area (Å²) in [7, 11) is 0. The minimum atomic E-state index is -0.815. The van der Waals surface area contributed by atoms with E-state index >= 15 is 0 Å². The number of carboxylic acid groups (broad SMARTS) is 1. The molecular formula is C7H11ClO2. The monoisotopic (exact) mass is 162 g/mol. The molecule has 0 bridgehead atoms. The van der Waals surface area contributed by atoms with E-state index in [9.17, 15) is 4.79 Å². The van der Waals surface area contributed by atoms with Gasteiger partial charge < -0.3 is 5.11 Å². The average molecular weight is 163 g/mol. The Kier molecular flexibility index (Phi) is 4.12. The Bertz CT molecular complexity index is 152. The number of allylic oxidation sites excluding steroid dienone is 1. The Labute approximate surface area is 65.5 Å². The number of halogens is 1. The summed E-state index contributed by atoms with van der Waals surface area (Å²) in [5.41, 5.74) is 0.900. The second-order valence-electron chi connectivity index (χ2n) is 2.27. The largest absolute Gasteiger partial charge is 0.481 e. The molecule has 0 aliphatic rings. The van der Waals surface area contributed by atoms with Crippen molar-refractivity contribution in [3.63, 3.8) is 0 Å². The highest BCUT2D eigenvalue weighted by Gasteiger charge is 2.06. The molecule has 10 heavy (non-hydrogen) atoms. The molecule has 0 aromatic heterocycles. The molecule has 1 atom stereocenters. The van der Waals surface area contributed by atoms with Crippen molar-refractivity contribution >= 4 is 17.6 Å². The minimum Gasteiger partial charge on any atom is -0.481 e. The predicted molar refractivity (Wildman–Crippen MR) is 41.3 cm³/mol. The molecule has 1 unspecified atom stereocenters. The molecule has 0 saturated heterocycles. The van der Waals surface area contributed by atoms with Gasteiger partial charge in [-0.3, -0.25) is 4.79 Å². The fourth-order valence-electron chi connectivity index (χ4n) is 0.543. The van der Waals surface area contributed by atoms with Gasteiger partial charge in [-0.15, -0.1) is 11.6 Å². The van der Waals surface area contributed by atoms with Crippen molar-refractivity contribution < 1.29 is 9.90 Å². The number of hydrogen-bond acceptors (Lipinski definition) is 1. The smallest absolute Gasteiger partial charge is 0.310 e. The maximum absolute atomic E-state index is 10.3. The predicted octanol–water partition coefficient (Wildman–Crippen LogP) is 1.89. The van der Waals surface area contributed by atoms with E-state index in [1.165, 1.54) is 0 Å². The lowest BCUT2D eigenvalue weighted by Crippen LogP contribution is -2.06. The average Bonchev–Trinajstić information content (AvgIpc) is 1.87. The lowest BCUT2D eigenvalue weighted by molar-refractivity contribution is -0.139. The van der Waals surface area contributed by atoms with Gasteiger partial charge in [0.25, 0.3) is 0 Å². The molecule has 0 aromatic rings. The Morgan fingerprint density at radius 3 is 2.60 bits per heavy atom. The third-order valence-corrected chi connectivity index (χ3v) is 1.56. The third kappa shape index (κ3) is 3.51. The molecule has 0 aliphatic carbocycles. The summed E-state index contributed by atoms with van der Waals surface area (Å²) in [6, 6.07) is 0. The van der Waals surface area contributed by atoms with Crippen LogP contribution in [0, 0.1) is 5.92 Å². The van der Waals surface area contributed by atoms with Gasteiger partial charge in [0, 0.05) is 5.88 Å². The summed E-state index contributed by atoms with van der Waals surface area (Å²) in [6.45, 7) is 3.44. The van der Waals surface area contributed by atoms with Gasteiger partial charge in [0.1, 0.15) is 0 Å². The number of aliphatic carboxylic acids is 1. The minimum absolute atomic E-state index is 0.400. The van der Waals surface area contributed by atoms with Crippen molar-refractivity contribution in [2.24, 2.45) is 5.92 Å². The topological polar surface area (TPSA) is 37.3 Å². The van der Waals surface area contributed by atoms with Crippen molar-refractivity contribution in [3.8, 4) is 0 Å². The summed E-state index contributed by atoms with van der Waals surface area (Å²) in [4.78, 5) is 10.3. The lowest BCUT2D eigenvalue weighted by Gasteiger charge is -1.99. The SMILES string of the molecule is C/C(=C\C(C)C(=O)O)CCl. The normalized spacial score (nSPS) is 14.9. The lowest BCUT2D eigenvalue weighted by atomic mass is 10.1. The van der Waals surface area contributed by atoms with Gasteiger partial charge >= 0.3 is 5.97 Å². The van der Waals surface area contributed by atoms with Crippen LogP contribution in [-0.4, -0.2) is 17.0 Å². The van der Waals surface area contributed by atoms with Crippen LogP contribution < -0.4 is 0 Å². The fraction of sp³-hybridized carbons (Fsp3) is 0.571. The molecule has 2 nitrogen and oxygen atoms in total. The first-order valence-electron chi connectivity index (χ1n) is 3.04. The zero-order chi connectivity index (χ0) is 8.15. The van der Waals surface area contributed by atoms with E-state index in [2.05, 4.69) is 0 Å². The molecule has 0 rings (SSSR count). The molecule has 0 aromatic carbocycles. The molecule has 0 aliphatic heterocycles. The molecule has 0 radical (unpaired) electrons. The Morgan fingerprint density at radius 1 is 1.80 bits per heavy atom. The molecule has 58 valence electrons. The van der Waals surface area contributed by atoms with Crippen molar-refractivity contribution in [3.05, 3.63) is 11.6 Å². The van der Waals surface area contributed by atoms with Gasteiger partial charge in [-0.25, -0.2) is 0 Å². The molecule has 0 spiro atoms. The standard InChI is InChI=1S/C7H11ClO2/c1-5(4-8)3-6(2)7(9)10/h3,6H,4H2,1-2H3,(H,9,10)/b5-3+. The van der Waals surface area contributed by atoms with E-state index in [0.29, 0.717) is 5.88 Å². The van der Waals surface area contributed by atoms with E-state index in [-0.39, 0.29) is 0 Å². The first-order chi connectivity index (χ1) is 4.57. The molecule has 0 heterocycles. The van der Waals surface area contributed by atoms with Crippen LogP contribution in [-0.2, 0) is 4.79 Å². The Hall–Kier alpha value is -0.500. The molecule has 3 heteroatoms. The second-order valence-corrected chi connectivity index (χ2v) is 2.54. The maximum Gasteiger partial charge on any atom is 0.310 e. The van der Waals surface area contributed by atoms with Gasteiger partial charge in [0.05, 0.1) is 5.92 Å². The Balaban J connectivity index is 3.99. The van der Waals surface area contributed by atoms with E-state index in [1.54, 1.807) is 13.0 Å². The van der Waals surface area contributed by atoms with Crippen molar-refractivity contribution in [1.29, 1.82) is 0 Å². The van der Waals surface area contributed by atoms with Crippen LogP contribution in [0.15, 0.2) is 11.6 Å². The van der Waals surface area contributed by atoms with E-state index in [4.69, 9.17) is 16.7 Å². The van der Waals surface area contributed by atoms with Crippen LogP contribution in [0.25, 0.3) is 0 Å². The van der Waals surface area contributed by atoms with E-state index in [1.807, 2.05) is 6.92 Å². The number of hydrogen-bond donors (Lipinski definition) is 1. The first kappa shape index (κ1) is 9.50. The van der Waals surface area contributed by atoms with Crippen LogP contribution in [0.2, 0.25) is 0 Å². The summed E-state index contributed by atoms with van der Waals surface area (Å²) in [5.74, 6) is -0.847. The summed E-state index contributed by atoms with van der Waals surface area (Å²) < 4.78 is 0. The van der Waals surface area contributed by atoms with Gasteiger partial charge in [0.2, 0.25) is 0 Å². The van der Waals surface area contributed by atoms with Gasteiger partial charge in [0.15, 0.2) is 0 Å². The number of carboxylic acids is 1. The van der Waals surface area contributed by atoms with Crippen molar-refractivity contribution in [2.75, 3.05) is 5.88 Å². The zero-order valence-corrected chi connectivity index (χ0v) is 6.85. The highest BCUT2D eigenvalue weighted by Crippen LogP contribution is 2.03. The van der Waals surface area contributed by atoms with Gasteiger partial charge in [-0.1, -0.05) is 11.6 Å². The molecule has 0 saturated carbocycles. The second kappa shape index (κ2) is 4.34. The van der Waals surface area contributed by atoms with E-state index in [0.717, 1.165) is 5.57 Å². The molecule has 1 N–H and O–H groups in total. The van der Waals surface area contributed by atoms with Crippen LogP contribution in [0.1, 0.15) is 13.8 Å². The highest BCUT2D eigenvalue weighted by atomic mass is 35.5. The molecular weight excluding hydrogens is 152 g/mol. The van der Waals surface area contributed by atoms with Crippen molar-refractivity contribution in [2.45, 2.75) is 13.8 Å².